The molecule has 1 aromatic carbocycles. The lowest BCUT2D eigenvalue weighted by molar-refractivity contribution is 0.295. The van der Waals surface area contributed by atoms with Crippen molar-refractivity contribution in [2.24, 2.45) is 0 Å². The molecule has 0 spiro atoms. The summed E-state index contributed by atoms with van der Waals surface area (Å²) in [5.41, 5.74) is -0.260. The van der Waals surface area contributed by atoms with Crippen LogP contribution in [0, 0.1) is 0 Å². The average molecular weight is 378 g/mol. The van der Waals surface area contributed by atoms with E-state index in [1.54, 1.807) is 31.4 Å². The van der Waals surface area contributed by atoms with Gasteiger partial charge >= 0.3 is 0 Å². The Balaban J connectivity index is 1.68. The summed E-state index contributed by atoms with van der Waals surface area (Å²) in [4.78, 5) is 12.2. The molecule has 0 saturated carbocycles. The number of rotatable bonds is 7. The number of nitrogens with zero attached hydrogens (tertiary/aromatic N) is 2. The fraction of sp³-hybridized carbons (Fsp3) is 0.389. The quantitative estimate of drug-likeness (QED) is 0.733. The Bertz CT molecular complexity index is 900. The Hall–Kier alpha value is -2.32. The molecule has 2 aromatic rings. The zero-order valence-electron chi connectivity index (χ0n) is 14.6. The maximum Gasteiger partial charge on any atom is 0.250 e. The van der Waals surface area contributed by atoms with Crippen molar-refractivity contribution in [3.05, 3.63) is 52.9 Å². The maximum atomic E-state index is 12.6. The van der Waals surface area contributed by atoms with E-state index in [9.17, 15) is 13.2 Å². The van der Waals surface area contributed by atoms with E-state index >= 15 is 0 Å². The third-order valence-electron chi connectivity index (χ3n) is 4.32. The molecule has 3 rings (SSSR count). The van der Waals surface area contributed by atoms with Gasteiger partial charge in [-0.3, -0.25) is 4.79 Å². The minimum absolute atomic E-state index is 0.142. The summed E-state index contributed by atoms with van der Waals surface area (Å²) >= 11 is 0. The standard InChI is InChI=1S/C18H22N2O5S/c1-24-15-4-6-16(7-5-15)25-13-12-19-14-17(8-9-18(19)21)26(22,23)20-10-2-3-11-20/h4-9,14H,2-3,10-13H2,1H3. The van der Waals surface area contributed by atoms with Crippen molar-refractivity contribution in [3.63, 3.8) is 0 Å². The number of hydrogen-bond donors (Lipinski definition) is 0. The van der Waals surface area contributed by atoms with Crippen LogP contribution >= 0.6 is 0 Å². The highest BCUT2D eigenvalue weighted by atomic mass is 32.2. The summed E-state index contributed by atoms with van der Waals surface area (Å²) in [6, 6.07) is 9.77. The molecule has 140 valence electrons. The normalized spacial score (nSPS) is 15.1. The largest absolute Gasteiger partial charge is 0.497 e. The summed E-state index contributed by atoms with van der Waals surface area (Å²) in [7, 11) is -1.96. The first-order valence-corrected chi connectivity index (χ1v) is 9.92. The average Bonchev–Trinajstić information content (AvgIpc) is 3.19. The highest BCUT2D eigenvalue weighted by Crippen LogP contribution is 2.20. The van der Waals surface area contributed by atoms with Gasteiger partial charge in [0.25, 0.3) is 5.56 Å². The molecule has 0 unspecified atom stereocenters. The van der Waals surface area contributed by atoms with Crippen LogP contribution in [0.3, 0.4) is 0 Å². The number of ether oxygens (including phenoxy) is 2. The molecule has 1 aliphatic heterocycles. The van der Waals surface area contributed by atoms with Gasteiger partial charge in [0.1, 0.15) is 18.1 Å². The van der Waals surface area contributed by atoms with Crippen LogP contribution in [-0.2, 0) is 16.6 Å². The molecular formula is C18H22N2O5S. The molecule has 1 aliphatic rings. The SMILES string of the molecule is COc1ccc(OCCn2cc(S(=O)(=O)N3CCCC3)ccc2=O)cc1. The lowest BCUT2D eigenvalue weighted by Crippen LogP contribution is -2.30. The van der Waals surface area contributed by atoms with Gasteiger partial charge in [-0.25, -0.2) is 8.42 Å². The summed E-state index contributed by atoms with van der Waals surface area (Å²) in [5, 5.41) is 0. The molecule has 0 radical (unpaired) electrons. The molecule has 8 heteroatoms. The van der Waals surface area contributed by atoms with Crippen molar-refractivity contribution in [1.82, 2.24) is 8.87 Å². The first-order valence-electron chi connectivity index (χ1n) is 8.48. The highest BCUT2D eigenvalue weighted by molar-refractivity contribution is 7.89. The monoisotopic (exact) mass is 378 g/mol. The smallest absolute Gasteiger partial charge is 0.250 e. The molecule has 26 heavy (non-hydrogen) atoms. The van der Waals surface area contributed by atoms with Gasteiger partial charge in [-0.1, -0.05) is 0 Å². The summed E-state index contributed by atoms with van der Waals surface area (Å²) in [5.74, 6) is 1.38. The van der Waals surface area contributed by atoms with Gasteiger partial charge in [-0.05, 0) is 43.2 Å². The zero-order valence-corrected chi connectivity index (χ0v) is 15.4. The molecular weight excluding hydrogens is 356 g/mol. The summed E-state index contributed by atoms with van der Waals surface area (Å²) in [6.07, 6.45) is 3.14. The van der Waals surface area contributed by atoms with E-state index in [1.807, 2.05) is 0 Å². The predicted octanol–water partition coefficient (Wildman–Crippen LogP) is 1.72. The van der Waals surface area contributed by atoms with Crippen LogP contribution in [0.5, 0.6) is 11.5 Å². The number of aromatic nitrogens is 1. The van der Waals surface area contributed by atoms with E-state index in [2.05, 4.69) is 0 Å². The van der Waals surface area contributed by atoms with Gasteiger partial charge in [-0.2, -0.15) is 4.31 Å². The van der Waals surface area contributed by atoms with Gasteiger partial charge in [0, 0.05) is 25.4 Å². The van der Waals surface area contributed by atoms with Crippen molar-refractivity contribution in [2.75, 3.05) is 26.8 Å². The van der Waals surface area contributed by atoms with Crippen molar-refractivity contribution < 1.29 is 17.9 Å². The second kappa shape index (κ2) is 7.92. The minimum Gasteiger partial charge on any atom is -0.497 e. The van der Waals surface area contributed by atoms with E-state index in [0.717, 1.165) is 18.6 Å². The van der Waals surface area contributed by atoms with Crippen LogP contribution in [0.4, 0.5) is 0 Å². The van der Waals surface area contributed by atoms with Gasteiger partial charge in [0.15, 0.2) is 0 Å². The van der Waals surface area contributed by atoms with E-state index in [1.165, 1.54) is 27.2 Å². The number of methoxy groups -OCH3 is 1. The number of benzene rings is 1. The molecule has 0 aliphatic carbocycles. The first kappa shape index (κ1) is 18.5. The van der Waals surface area contributed by atoms with Crippen molar-refractivity contribution >= 4 is 10.0 Å². The minimum atomic E-state index is -3.54. The first-order chi connectivity index (χ1) is 12.5. The van der Waals surface area contributed by atoms with Gasteiger partial charge in [0.05, 0.1) is 18.6 Å². The van der Waals surface area contributed by atoms with Crippen molar-refractivity contribution in [3.8, 4) is 11.5 Å². The van der Waals surface area contributed by atoms with Crippen LogP contribution < -0.4 is 15.0 Å². The Morgan fingerprint density at radius 1 is 1.00 bits per heavy atom. The van der Waals surface area contributed by atoms with E-state index in [-0.39, 0.29) is 23.6 Å². The molecule has 1 saturated heterocycles. The van der Waals surface area contributed by atoms with Crippen LogP contribution in [0.15, 0.2) is 52.3 Å². The van der Waals surface area contributed by atoms with Gasteiger partial charge in [-0.15, -0.1) is 0 Å². The van der Waals surface area contributed by atoms with Crippen LogP contribution in [0.2, 0.25) is 0 Å². The molecule has 2 heterocycles. The second-order valence-corrected chi connectivity index (χ2v) is 7.97. The van der Waals surface area contributed by atoms with Gasteiger partial charge < -0.3 is 14.0 Å². The lowest BCUT2D eigenvalue weighted by atomic mass is 10.3. The molecule has 0 atom stereocenters. The topological polar surface area (TPSA) is 77.8 Å². The molecule has 0 N–H and O–H groups in total. The molecule has 0 amide bonds. The van der Waals surface area contributed by atoms with E-state index in [4.69, 9.17) is 9.47 Å². The number of hydrogen-bond acceptors (Lipinski definition) is 5. The Kier molecular flexibility index (Phi) is 5.63. The fourth-order valence-electron chi connectivity index (χ4n) is 2.85. The maximum absolute atomic E-state index is 12.6. The third-order valence-corrected chi connectivity index (χ3v) is 6.20. The molecule has 1 aromatic heterocycles. The lowest BCUT2D eigenvalue weighted by Gasteiger charge is -2.16. The zero-order chi connectivity index (χ0) is 18.6. The highest BCUT2D eigenvalue weighted by Gasteiger charge is 2.27. The van der Waals surface area contributed by atoms with Crippen LogP contribution in [-0.4, -0.2) is 44.1 Å². The Morgan fingerprint density at radius 2 is 1.65 bits per heavy atom. The van der Waals surface area contributed by atoms with Crippen molar-refractivity contribution in [1.29, 1.82) is 0 Å². The fourth-order valence-corrected chi connectivity index (χ4v) is 4.39. The number of sulfonamides is 1. The molecule has 7 nitrogen and oxygen atoms in total. The molecule has 0 bridgehead atoms. The van der Waals surface area contributed by atoms with E-state index < -0.39 is 10.0 Å². The number of pyridine rings is 1. The van der Waals surface area contributed by atoms with E-state index in [0.29, 0.717) is 18.8 Å². The Morgan fingerprint density at radius 3 is 2.31 bits per heavy atom. The Labute approximate surface area is 152 Å². The van der Waals surface area contributed by atoms with Crippen LogP contribution in [0.25, 0.3) is 0 Å². The summed E-state index contributed by atoms with van der Waals surface area (Å²) < 4.78 is 38.8. The third kappa shape index (κ3) is 4.08. The van der Waals surface area contributed by atoms with Crippen LogP contribution in [0.1, 0.15) is 12.8 Å². The van der Waals surface area contributed by atoms with Gasteiger partial charge in [0.2, 0.25) is 10.0 Å². The van der Waals surface area contributed by atoms with Crippen molar-refractivity contribution in [2.45, 2.75) is 24.3 Å². The second-order valence-electron chi connectivity index (χ2n) is 6.03. The summed E-state index contributed by atoms with van der Waals surface area (Å²) in [6.45, 7) is 1.57. The molecule has 1 fully saturated rings. The predicted molar refractivity (Wildman–Crippen MR) is 97.2 cm³/mol.